The molecular weight excluding hydrogens is 188 g/mol. The van der Waals surface area contributed by atoms with Crippen LogP contribution in [0.5, 0.6) is 0 Å². The van der Waals surface area contributed by atoms with Crippen LogP contribution in [0.4, 0.5) is 0 Å². The van der Waals surface area contributed by atoms with Gasteiger partial charge in [-0.2, -0.15) is 5.10 Å². The number of aromatic amines is 2. The van der Waals surface area contributed by atoms with Crippen molar-refractivity contribution in [1.29, 1.82) is 0 Å². The smallest absolute Gasteiger partial charge is 0.0967 e. The van der Waals surface area contributed by atoms with Gasteiger partial charge in [0, 0.05) is 36.6 Å². The fourth-order valence-corrected chi connectivity index (χ4v) is 1.68. The monoisotopic (exact) mass is 204 g/mol. The van der Waals surface area contributed by atoms with Crippen molar-refractivity contribution in [3.05, 3.63) is 29.7 Å². The Morgan fingerprint density at radius 3 is 3.00 bits per heavy atom. The number of aromatic nitrogens is 3. The highest BCUT2D eigenvalue weighted by Gasteiger charge is 2.10. The average molecular weight is 204 g/mol. The van der Waals surface area contributed by atoms with Crippen molar-refractivity contribution in [2.75, 3.05) is 13.6 Å². The van der Waals surface area contributed by atoms with E-state index in [-0.39, 0.29) is 0 Å². The molecule has 80 valence electrons. The highest BCUT2D eigenvalue weighted by Crippen LogP contribution is 2.22. The Morgan fingerprint density at radius 2 is 2.33 bits per heavy atom. The highest BCUT2D eigenvalue weighted by atomic mass is 15.1. The molecule has 0 bridgehead atoms. The minimum absolute atomic E-state index is 0.968. The van der Waals surface area contributed by atoms with E-state index >= 15 is 0 Å². The molecule has 0 amide bonds. The van der Waals surface area contributed by atoms with Crippen LogP contribution in [0.15, 0.2) is 18.5 Å². The largest absolute Gasteiger partial charge is 0.367 e. The quantitative estimate of drug-likeness (QED) is 0.706. The molecule has 0 fully saturated rings. The molecular formula is C11H16N4. The molecule has 0 aliphatic rings. The van der Waals surface area contributed by atoms with E-state index in [4.69, 9.17) is 0 Å². The van der Waals surface area contributed by atoms with Crippen molar-refractivity contribution in [2.24, 2.45) is 0 Å². The lowest BCUT2D eigenvalue weighted by atomic mass is 10.1. The van der Waals surface area contributed by atoms with Gasteiger partial charge in [-0.25, -0.2) is 0 Å². The molecule has 0 aromatic carbocycles. The molecule has 0 saturated carbocycles. The van der Waals surface area contributed by atoms with Crippen LogP contribution in [0.3, 0.4) is 0 Å². The summed E-state index contributed by atoms with van der Waals surface area (Å²) in [6.07, 6.45) is 4.86. The zero-order valence-electron chi connectivity index (χ0n) is 9.09. The molecule has 15 heavy (non-hydrogen) atoms. The van der Waals surface area contributed by atoms with Crippen LogP contribution in [0.1, 0.15) is 11.3 Å². The molecule has 0 radical (unpaired) electrons. The van der Waals surface area contributed by atoms with Crippen molar-refractivity contribution in [3.8, 4) is 11.3 Å². The van der Waals surface area contributed by atoms with Crippen LogP contribution in [-0.2, 0) is 6.42 Å². The first-order valence-electron chi connectivity index (χ1n) is 5.14. The van der Waals surface area contributed by atoms with Crippen molar-refractivity contribution < 1.29 is 0 Å². The summed E-state index contributed by atoms with van der Waals surface area (Å²) in [5, 5.41) is 10.6. The fourth-order valence-electron chi connectivity index (χ4n) is 1.68. The highest BCUT2D eigenvalue weighted by molar-refractivity contribution is 5.62. The van der Waals surface area contributed by atoms with E-state index in [1.165, 1.54) is 11.3 Å². The summed E-state index contributed by atoms with van der Waals surface area (Å²) in [7, 11) is 1.96. The molecule has 2 heterocycles. The van der Waals surface area contributed by atoms with E-state index < -0.39 is 0 Å². The molecule has 0 saturated heterocycles. The van der Waals surface area contributed by atoms with E-state index in [0.717, 1.165) is 24.2 Å². The van der Waals surface area contributed by atoms with Crippen molar-refractivity contribution in [2.45, 2.75) is 13.3 Å². The van der Waals surface area contributed by atoms with Gasteiger partial charge in [-0.15, -0.1) is 0 Å². The predicted molar refractivity (Wildman–Crippen MR) is 60.7 cm³/mol. The summed E-state index contributed by atoms with van der Waals surface area (Å²) >= 11 is 0. The Bertz CT molecular complexity index is 414. The van der Waals surface area contributed by atoms with Gasteiger partial charge in [-0.1, -0.05) is 0 Å². The summed E-state index contributed by atoms with van der Waals surface area (Å²) in [4.78, 5) is 3.04. The average Bonchev–Trinajstić information content (AvgIpc) is 2.84. The van der Waals surface area contributed by atoms with Gasteiger partial charge in [0.2, 0.25) is 0 Å². The third-order valence-electron chi connectivity index (χ3n) is 2.61. The number of hydrogen-bond acceptors (Lipinski definition) is 2. The van der Waals surface area contributed by atoms with Crippen molar-refractivity contribution in [1.82, 2.24) is 20.5 Å². The van der Waals surface area contributed by atoms with E-state index in [9.17, 15) is 0 Å². The van der Waals surface area contributed by atoms with Crippen molar-refractivity contribution >= 4 is 0 Å². The standard InChI is InChI=1S/C11H16N4/c1-8-10(4-5-12-2)14-15-11(8)9-3-6-13-7-9/h3,6-7,12-13H,4-5H2,1-2H3,(H,14,15). The first kappa shape index (κ1) is 9.98. The van der Waals surface area contributed by atoms with Gasteiger partial charge < -0.3 is 10.3 Å². The van der Waals surface area contributed by atoms with Gasteiger partial charge >= 0.3 is 0 Å². The minimum atomic E-state index is 0.968. The minimum Gasteiger partial charge on any atom is -0.367 e. The number of rotatable bonds is 4. The van der Waals surface area contributed by atoms with E-state index in [1.54, 1.807) is 0 Å². The van der Waals surface area contributed by atoms with Crippen LogP contribution in [-0.4, -0.2) is 28.8 Å². The number of nitrogens with zero attached hydrogens (tertiary/aromatic N) is 1. The van der Waals surface area contributed by atoms with Gasteiger partial charge in [0.25, 0.3) is 0 Å². The van der Waals surface area contributed by atoms with E-state index in [0.29, 0.717) is 0 Å². The van der Waals surface area contributed by atoms with Crippen LogP contribution in [0, 0.1) is 6.92 Å². The third kappa shape index (κ3) is 1.94. The molecule has 0 unspecified atom stereocenters. The molecule has 2 aromatic rings. The maximum Gasteiger partial charge on any atom is 0.0967 e. The van der Waals surface area contributed by atoms with Gasteiger partial charge in [0.1, 0.15) is 0 Å². The Morgan fingerprint density at radius 1 is 1.47 bits per heavy atom. The third-order valence-corrected chi connectivity index (χ3v) is 2.61. The summed E-state index contributed by atoms with van der Waals surface area (Å²) < 4.78 is 0. The van der Waals surface area contributed by atoms with E-state index in [1.807, 2.05) is 25.5 Å². The maximum atomic E-state index is 4.34. The number of nitrogens with one attached hydrogen (secondary N) is 3. The van der Waals surface area contributed by atoms with Crippen LogP contribution >= 0.6 is 0 Å². The maximum absolute atomic E-state index is 4.34. The first-order chi connectivity index (χ1) is 7.33. The van der Waals surface area contributed by atoms with Crippen LogP contribution in [0.2, 0.25) is 0 Å². The lowest BCUT2D eigenvalue weighted by Crippen LogP contribution is -2.11. The van der Waals surface area contributed by atoms with Gasteiger partial charge in [-0.3, -0.25) is 5.10 Å². The second-order valence-electron chi connectivity index (χ2n) is 3.63. The number of likely N-dealkylation sites (N-methyl/N-ethyl adjacent to an activating group) is 1. The van der Waals surface area contributed by atoms with Crippen molar-refractivity contribution in [3.63, 3.8) is 0 Å². The Labute approximate surface area is 89.1 Å². The molecule has 0 aliphatic carbocycles. The zero-order valence-corrected chi connectivity index (χ0v) is 9.09. The summed E-state index contributed by atoms with van der Waals surface area (Å²) in [5.41, 5.74) is 4.63. The summed E-state index contributed by atoms with van der Waals surface area (Å²) in [5.74, 6) is 0. The summed E-state index contributed by atoms with van der Waals surface area (Å²) in [6.45, 7) is 3.08. The molecule has 3 N–H and O–H groups in total. The second-order valence-corrected chi connectivity index (χ2v) is 3.63. The number of H-pyrrole nitrogens is 2. The SMILES string of the molecule is CNCCc1[nH]nc(-c2cc[nH]c2)c1C. The Balaban J connectivity index is 2.24. The molecule has 2 aromatic heterocycles. The Hall–Kier alpha value is -1.55. The number of hydrogen-bond donors (Lipinski definition) is 3. The van der Waals surface area contributed by atoms with Gasteiger partial charge in [-0.05, 0) is 25.6 Å². The molecule has 0 spiro atoms. The molecule has 0 aliphatic heterocycles. The molecule has 4 heteroatoms. The summed E-state index contributed by atoms with van der Waals surface area (Å²) in [6, 6.07) is 2.03. The molecule has 0 atom stereocenters. The first-order valence-corrected chi connectivity index (χ1v) is 5.14. The van der Waals surface area contributed by atoms with E-state index in [2.05, 4.69) is 27.4 Å². The zero-order chi connectivity index (χ0) is 10.7. The second kappa shape index (κ2) is 4.31. The lowest BCUT2D eigenvalue weighted by molar-refractivity contribution is 0.769. The Kier molecular flexibility index (Phi) is 2.87. The van der Waals surface area contributed by atoms with Gasteiger partial charge in [0.15, 0.2) is 0 Å². The van der Waals surface area contributed by atoms with Crippen LogP contribution in [0.25, 0.3) is 11.3 Å². The fraction of sp³-hybridized carbons (Fsp3) is 0.364. The predicted octanol–water partition coefficient (Wildman–Crippen LogP) is 1.48. The normalized spacial score (nSPS) is 10.8. The van der Waals surface area contributed by atoms with Crippen LogP contribution < -0.4 is 5.32 Å². The lowest BCUT2D eigenvalue weighted by Gasteiger charge is -1.98. The topological polar surface area (TPSA) is 56.5 Å². The molecule has 4 nitrogen and oxygen atoms in total. The van der Waals surface area contributed by atoms with Gasteiger partial charge in [0.05, 0.1) is 5.69 Å². The molecule has 2 rings (SSSR count).